The highest BCUT2D eigenvalue weighted by molar-refractivity contribution is 8.67. The summed E-state index contributed by atoms with van der Waals surface area (Å²) in [6.45, 7) is 1.96. The predicted octanol–water partition coefficient (Wildman–Crippen LogP) is 0.288. The number of rotatable bonds is 4. The zero-order chi connectivity index (χ0) is 5.54. The maximum atomic E-state index is 3.87. The Morgan fingerprint density at radius 3 is 2.71 bits per heavy atom. The van der Waals surface area contributed by atoms with Gasteiger partial charge in [-0.25, -0.2) is 0 Å². The van der Waals surface area contributed by atoms with Gasteiger partial charge >= 0.3 is 0 Å². The minimum absolute atomic E-state index is 0.963. The van der Waals surface area contributed by atoms with Gasteiger partial charge in [0.15, 0.2) is 0 Å². The molecule has 0 aromatic heterocycles. The molecule has 0 saturated heterocycles. The fraction of sp³-hybridized carbons (Fsp3) is 1.00. The molecule has 0 amide bonds. The molecule has 0 aromatic rings. The highest BCUT2D eigenvalue weighted by atomic mass is 33.1. The summed E-state index contributed by atoms with van der Waals surface area (Å²) < 4.78 is 2.97. The van der Waals surface area contributed by atoms with E-state index in [2.05, 4.69) is 21.7 Å². The Morgan fingerprint density at radius 1 is 1.57 bits per heavy atom. The Kier molecular flexibility index (Phi) is 7.21. The molecule has 0 fully saturated rings. The molecule has 0 radical (unpaired) electrons. The van der Waals surface area contributed by atoms with Gasteiger partial charge in [0, 0.05) is 13.1 Å². The standard InChI is InChI=1S/C3H10N2S2/c1-4-2-3-5-7-6/h4-6H,2-3H2,1H3. The van der Waals surface area contributed by atoms with Gasteiger partial charge in [-0.05, 0) is 18.0 Å². The van der Waals surface area contributed by atoms with E-state index in [0.717, 1.165) is 13.1 Å². The van der Waals surface area contributed by atoms with E-state index in [1.807, 2.05) is 7.05 Å². The molecule has 0 aliphatic rings. The lowest BCUT2D eigenvalue weighted by molar-refractivity contribution is 0.778. The lowest BCUT2D eigenvalue weighted by atomic mass is 10.7. The third-order valence-electron chi connectivity index (χ3n) is 0.542. The van der Waals surface area contributed by atoms with E-state index in [0.29, 0.717) is 0 Å². The molecule has 2 N–H and O–H groups in total. The van der Waals surface area contributed by atoms with Gasteiger partial charge in [-0.2, -0.15) is 0 Å². The SMILES string of the molecule is CNCCNSS. The average Bonchev–Trinajstić information content (AvgIpc) is 1.69. The van der Waals surface area contributed by atoms with E-state index < -0.39 is 0 Å². The molecule has 0 spiro atoms. The van der Waals surface area contributed by atoms with Gasteiger partial charge in [0.25, 0.3) is 0 Å². The molecule has 0 aromatic carbocycles. The van der Waals surface area contributed by atoms with Crippen molar-refractivity contribution in [2.24, 2.45) is 0 Å². The van der Waals surface area contributed by atoms with Crippen LogP contribution in [0, 0.1) is 0 Å². The molecule has 0 rings (SSSR count). The summed E-state index contributed by atoms with van der Waals surface area (Å²) in [6, 6.07) is 0. The Morgan fingerprint density at radius 2 is 2.29 bits per heavy atom. The summed E-state index contributed by atoms with van der Waals surface area (Å²) in [5.74, 6) is 0. The van der Waals surface area contributed by atoms with Crippen LogP contribution in [0.15, 0.2) is 0 Å². The van der Waals surface area contributed by atoms with Crippen LogP contribution in [-0.2, 0) is 0 Å². The van der Waals surface area contributed by atoms with Crippen molar-refractivity contribution in [3.8, 4) is 0 Å². The van der Waals surface area contributed by atoms with E-state index in [9.17, 15) is 0 Å². The highest BCUT2D eigenvalue weighted by Gasteiger charge is 1.76. The van der Waals surface area contributed by atoms with Gasteiger partial charge in [-0.1, -0.05) is 11.7 Å². The van der Waals surface area contributed by atoms with Crippen LogP contribution < -0.4 is 10.0 Å². The fourth-order valence-corrected chi connectivity index (χ4v) is 0.689. The van der Waals surface area contributed by atoms with E-state index in [4.69, 9.17) is 0 Å². The van der Waals surface area contributed by atoms with E-state index in [1.54, 1.807) is 0 Å². The number of nitrogens with one attached hydrogen (secondary N) is 2. The molecule has 0 aliphatic carbocycles. The predicted molar refractivity (Wildman–Crippen MR) is 38.5 cm³/mol. The third-order valence-corrected chi connectivity index (χ3v) is 1.26. The lowest BCUT2D eigenvalue weighted by Crippen LogP contribution is -2.18. The summed E-state index contributed by atoms with van der Waals surface area (Å²) in [7, 11) is 3.27. The van der Waals surface area contributed by atoms with Crippen molar-refractivity contribution < 1.29 is 0 Å². The monoisotopic (exact) mass is 138 g/mol. The number of hydrogen-bond acceptors (Lipinski definition) is 4. The van der Waals surface area contributed by atoms with Crippen LogP contribution in [-0.4, -0.2) is 20.1 Å². The van der Waals surface area contributed by atoms with Crippen LogP contribution in [0.2, 0.25) is 0 Å². The van der Waals surface area contributed by atoms with Crippen molar-refractivity contribution in [1.82, 2.24) is 10.0 Å². The quantitative estimate of drug-likeness (QED) is 0.225. The molecule has 4 heteroatoms. The smallest absolute Gasteiger partial charge is 0.0192 e. The van der Waals surface area contributed by atoms with Crippen LogP contribution in [0.1, 0.15) is 0 Å². The van der Waals surface area contributed by atoms with E-state index in [1.165, 1.54) is 11.0 Å². The Hall–Kier alpha value is 0.620. The molecule has 0 heterocycles. The van der Waals surface area contributed by atoms with Crippen LogP contribution in [0.5, 0.6) is 0 Å². The van der Waals surface area contributed by atoms with Crippen molar-refractivity contribution in [3.63, 3.8) is 0 Å². The lowest BCUT2D eigenvalue weighted by Gasteiger charge is -1.95. The minimum Gasteiger partial charge on any atom is -0.318 e. The third kappa shape index (κ3) is 6.62. The topological polar surface area (TPSA) is 24.1 Å². The first-order valence-electron chi connectivity index (χ1n) is 2.09. The average molecular weight is 138 g/mol. The van der Waals surface area contributed by atoms with Gasteiger partial charge < -0.3 is 5.32 Å². The first-order valence-corrected chi connectivity index (χ1v) is 3.96. The van der Waals surface area contributed by atoms with Gasteiger partial charge in [0.2, 0.25) is 0 Å². The van der Waals surface area contributed by atoms with Crippen LogP contribution in [0.3, 0.4) is 0 Å². The Balaban J connectivity index is 2.45. The summed E-state index contributed by atoms with van der Waals surface area (Å²) >= 11 is 3.87. The minimum atomic E-state index is 0.963. The number of hydrogen-bond donors (Lipinski definition) is 3. The maximum Gasteiger partial charge on any atom is 0.0192 e. The molecular formula is C3H10N2S2. The second kappa shape index (κ2) is 6.62. The van der Waals surface area contributed by atoms with Gasteiger partial charge in [0.05, 0.1) is 0 Å². The molecule has 44 valence electrons. The molecule has 0 bridgehead atoms. The summed E-state index contributed by atoms with van der Waals surface area (Å²) in [4.78, 5) is 0. The Bertz CT molecular complexity index is 30.1. The van der Waals surface area contributed by atoms with Crippen LogP contribution in [0.4, 0.5) is 0 Å². The summed E-state index contributed by atoms with van der Waals surface area (Å²) in [5, 5.41) is 2.99. The van der Waals surface area contributed by atoms with E-state index in [-0.39, 0.29) is 0 Å². The maximum absolute atomic E-state index is 3.87. The zero-order valence-electron chi connectivity index (χ0n) is 4.27. The van der Waals surface area contributed by atoms with Gasteiger partial charge in [0.1, 0.15) is 0 Å². The molecule has 0 unspecified atom stereocenters. The van der Waals surface area contributed by atoms with Gasteiger partial charge in [-0.3, -0.25) is 4.72 Å². The first kappa shape index (κ1) is 7.62. The van der Waals surface area contributed by atoms with Gasteiger partial charge in [-0.15, -0.1) is 0 Å². The molecule has 0 atom stereocenters. The fourth-order valence-electron chi connectivity index (χ4n) is 0.222. The number of thiol groups is 1. The van der Waals surface area contributed by atoms with Crippen molar-refractivity contribution in [2.45, 2.75) is 0 Å². The van der Waals surface area contributed by atoms with Crippen molar-refractivity contribution in [3.05, 3.63) is 0 Å². The summed E-state index contributed by atoms with van der Waals surface area (Å²) in [5.41, 5.74) is 0. The Labute approximate surface area is 53.4 Å². The molecule has 7 heavy (non-hydrogen) atoms. The highest BCUT2D eigenvalue weighted by Crippen LogP contribution is 1.93. The second-order valence-electron chi connectivity index (χ2n) is 1.09. The van der Waals surface area contributed by atoms with Crippen molar-refractivity contribution in [2.75, 3.05) is 20.1 Å². The summed E-state index contributed by atoms with van der Waals surface area (Å²) in [6.07, 6.45) is 0. The van der Waals surface area contributed by atoms with Crippen LogP contribution >= 0.6 is 22.6 Å². The largest absolute Gasteiger partial charge is 0.318 e. The van der Waals surface area contributed by atoms with Crippen molar-refractivity contribution in [1.29, 1.82) is 0 Å². The van der Waals surface area contributed by atoms with Crippen molar-refractivity contribution >= 4 is 22.6 Å². The van der Waals surface area contributed by atoms with E-state index >= 15 is 0 Å². The first-order chi connectivity index (χ1) is 3.41. The number of likely N-dealkylation sites (N-methyl/N-ethyl adjacent to an activating group) is 1. The van der Waals surface area contributed by atoms with Crippen LogP contribution in [0.25, 0.3) is 0 Å². The molecular weight excluding hydrogens is 128 g/mol. The zero-order valence-corrected chi connectivity index (χ0v) is 5.98. The normalized spacial score (nSPS) is 9.43. The molecule has 2 nitrogen and oxygen atoms in total. The second-order valence-corrected chi connectivity index (χ2v) is 2.11. The molecule has 0 saturated carbocycles. The molecule has 0 aliphatic heterocycles.